The van der Waals surface area contributed by atoms with Crippen LogP contribution in [0.4, 0.5) is 0 Å². The lowest BCUT2D eigenvalue weighted by atomic mass is 9.92. The maximum atomic E-state index is 9.27. The van der Waals surface area contributed by atoms with E-state index >= 15 is 0 Å². The number of hydrogen-bond donors (Lipinski definition) is 1. The number of aromatic nitrogens is 4. The zero-order valence-corrected chi connectivity index (χ0v) is 83.5. The lowest BCUT2D eigenvalue weighted by molar-refractivity contribution is 0.454. The average Bonchev–Trinajstić information content (AvgIpc) is 1.50. The molecule has 144 heavy (non-hydrogen) atoms. The van der Waals surface area contributed by atoms with E-state index in [2.05, 4.69) is 415 Å². The Bertz CT molecular complexity index is 9940. The quantitative estimate of drug-likeness (QED) is 0.129. The zero-order valence-electron chi connectivity index (χ0n) is 81.9. The first-order valence-electron chi connectivity index (χ1n) is 49.2. The van der Waals surface area contributed by atoms with Gasteiger partial charge in [0, 0.05) is 113 Å². The monoisotopic (exact) mass is 1920 g/mol. The van der Waals surface area contributed by atoms with Gasteiger partial charge in [0.1, 0.15) is 50.4 Å². The van der Waals surface area contributed by atoms with Crippen LogP contribution in [-0.2, 0) is 0 Å². The highest BCUT2D eigenvalue weighted by molar-refractivity contribution is 9.10. The van der Waals surface area contributed by atoms with Crippen molar-refractivity contribution < 1.29 is 27.3 Å². The minimum atomic E-state index is 0.587. The highest BCUT2D eigenvalue weighted by atomic mass is 79.9. The normalized spacial score (nSPS) is 12.0. The topological polar surface area (TPSA) is 102 Å². The molecule has 28 rings (SSSR count). The summed E-state index contributed by atoms with van der Waals surface area (Å²) in [4.78, 5) is 0. The minimum absolute atomic E-state index is 0.587. The number of furan rings is 4. The fourth-order valence-electron chi connectivity index (χ4n) is 24.2. The molecule has 10 nitrogen and oxygen atoms in total. The fourth-order valence-corrected chi connectivity index (χ4v) is 24.6. The Hall–Kier alpha value is -16.9. The summed E-state index contributed by atoms with van der Waals surface area (Å²) in [7, 11) is 0.725. The molecule has 1 N–H and O–H groups in total. The Morgan fingerprint density at radius 2 is 0.417 bits per heavy atom. The second-order valence-corrected chi connectivity index (χ2v) is 40.4. The van der Waals surface area contributed by atoms with Crippen LogP contribution >= 0.6 is 15.9 Å². The molecular formula is C132H97BBrN4O6. The number of rotatable bonds is 11. The van der Waals surface area contributed by atoms with Crippen molar-refractivity contribution in [3.63, 3.8) is 0 Å². The van der Waals surface area contributed by atoms with Gasteiger partial charge in [-0.1, -0.05) is 196 Å². The third-order valence-corrected chi connectivity index (χ3v) is 30.3. The predicted octanol–water partition coefficient (Wildman–Crippen LogP) is 36.7. The molecule has 12 heteroatoms. The molecule has 0 saturated heterocycles. The predicted molar refractivity (Wildman–Crippen MR) is 606 cm³/mol. The SMILES string of the molecule is Cc1cc(C)c(-c2ccc3c(c2)c2cc(-c4ccc5c(c4)c4cc(-c6c(C)cc(C)cc6C)ccc4n5-c4ccc5oc6ccccc6c5c4)ccc2n3-c2ccc3oc4ccccc4c3c2)c(C)c1.Cc1cc(C)c(-c2ccc3c(c2)c2cc(Br)ccc2n3-c2ccc3oc4ccccc4c3c2)c(C)c1.Cc1cc(C)c(-c2ccc3c(c2)c2cc(O[B]O)ccc2n3-c2ccc3oc4ccccc4c3c2)c(C)c1. The molecule has 0 bridgehead atoms. The minimum Gasteiger partial charge on any atom is -0.537 e. The molecule has 0 atom stereocenters. The second kappa shape index (κ2) is 34.0. The smallest absolute Gasteiger partial charge is 0.537 e. The maximum absolute atomic E-state index is 9.27. The molecule has 0 unspecified atom stereocenters. The van der Waals surface area contributed by atoms with Crippen molar-refractivity contribution in [3.05, 3.63) is 435 Å². The highest BCUT2D eigenvalue weighted by Crippen LogP contribution is 2.49. The number of aryl methyl sites for hydroxylation is 12. The summed E-state index contributed by atoms with van der Waals surface area (Å²) in [6.07, 6.45) is 0. The van der Waals surface area contributed by atoms with Gasteiger partial charge in [0.15, 0.2) is 0 Å². The summed E-state index contributed by atoms with van der Waals surface area (Å²) in [5.41, 5.74) is 48.7. The van der Waals surface area contributed by atoms with Crippen LogP contribution in [0.2, 0.25) is 0 Å². The van der Waals surface area contributed by atoms with Crippen molar-refractivity contribution in [2.45, 2.75) is 83.1 Å². The largest absolute Gasteiger partial charge is 0.569 e. The number of nitrogens with zero attached hydrogens (tertiary/aromatic N) is 4. The standard InChI is InChI=1S/C66H48N2O2.C33H25BNO3.C33H24BrNO/c1-37-27-39(3)65(40(4)28-37)45-17-23-59-53(33-45)51-31-43(15-21-57(51)67(59)47-19-25-63-55(35-47)49-11-7-9-13-61(49)69-63)44-16-22-58-52(32-44)54-34-46(66-41(5)29-38(2)30-42(66)6)18-24-60(54)68(58)48-20-26-64-56(36-48)50-12-8-10-14-62(50)70-64;1-19-14-20(2)33(21(3)15-19)22-8-11-29-26(16-22)27-18-24(38-34-36)10-12-30(27)35(29)23-9-13-32-28(17-23)25-6-4-5-7-31(25)37-32;1-19-14-20(2)33(21(3)15-19)22-8-11-29-26(16-22)27-17-23(34)9-12-30(27)35(29)24-10-13-32-28(18-24)25-6-4-5-7-31(25)36-32/h7-36H,1-6H3;4-18,36H,1-3H3;4-18H,1-3H3. The van der Waals surface area contributed by atoms with Crippen molar-refractivity contribution in [3.8, 4) is 84.1 Å². The van der Waals surface area contributed by atoms with Crippen LogP contribution in [0.1, 0.15) is 66.8 Å². The van der Waals surface area contributed by atoms with E-state index in [1.165, 1.54) is 177 Å². The molecule has 0 fully saturated rings. The molecule has 8 heterocycles. The van der Waals surface area contributed by atoms with Gasteiger partial charge in [0.25, 0.3) is 0 Å². The molecular weight excluding hydrogens is 1830 g/mol. The molecule has 0 saturated carbocycles. The van der Waals surface area contributed by atoms with Gasteiger partial charge in [0.05, 0.1) is 44.1 Å². The third kappa shape index (κ3) is 14.4. The number of hydrogen-bond acceptors (Lipinski definition) is 6. The van der Waals surface area contributed by atoms with Gasteiger partial charge >= 0.3 is 7.69 Å². The number of halogens is 1. The van der Waals surface area contributed by atoms with E-state index in [0.717, 1.165) is 156 Å². The summed E-state index contributed by atoms with van der Waals surface area (Å²) < 4.78 is 40.7. The van der Waals surface area contributed by atoms with E-state index in [4.69, 9.17) is 22.3 Å². The van der Waals surface area contributed by atoms with Gasteiger partial charge in [-0.2, -0.15) is 0 Å². The van der Waals surface area contributed by atoms with E-state index < -0.39 is 0 Å². The number of para-hydroxylation sites is 4. The lowest BCUT2D eigenvalue weighted by Gasteiger charge is -2.13. The van der Waals surface area contributed by atoms with Crippen molar-refractivity contribution in [2.75, 3.05) is 0 Å². The van der Waals surface area contributed by atoms with Gasteiger partial charge in [-0.3, -0.25) is 0 Å². The maximum Gasteiger partial charge on any atom is 0.569 e. The summed E-state index contributed by atoms with van der Waals surface area (Å²) in [5.74, 6) is 0.587. The van der Waals surface area contributed by atoms with E-state index in [1.807, 2.05) is 66.7 Å². The van der Waals surface area contributed by atoms with Crippen LogP contribution in [0.5, 0.6) is 5.75 Å². The Morgan fingerprint density at radius 1 is 0.201 bits per heavy atom. The van der Waals surface area contributed by atoms with E-state index in [0.29, 0.717) is 5.75 Å². The molecule has 0 aliphatic heterocycles. The lowest BCUT2D eigenvalue weighted by Crippen LogP contribution is -1.99. The van der Waals surface area contributed by atoms with E-state index in [1.54, 1.807) is 0 Å². The van der Waals surface area contributed by atoms with Gasteiger partial charge in [-0.15, -0.1) is 0 Å². The van der Waals surface area contributed by atoms with Crippen LogP contribution in [0.15, 0.2) is 386 Å². The van der Waals surface area contributed by atoms with E-state index in [-0.39, 0.29) is 0 Å². The van der Waals surface area contributed by atoms with Crippen molar-refractivity contribution in [2.24, 2.45) is 0 Å². The Labute approximate surface area is 840 Å². The van der Waals surface area contributed by atoms with Gasteiger partial charge in [-0.25, -0.2) is 0 Å². The first-order valence-corrected chi connectivity index (χ1v) is 50.0. The molecule has 0 spiro atoms. The van der Waals surface area contributed by atoms with Crippen LogP contribution < -0.4 is 4.65 Å². The molecule has 28 aromatic rings. The molecule has 691 valence electrons. The van der Waals surface area contributed by atoms with Crippen LogP contribution in [-0.4, -0.2) is 31.0 Å². The van der Waals surface area contributed by atoms with Crippen LogP contribution in [0.25, 0.3) is 253 Å². The third-order valence-electron chi connectivity index (χ3n) is 29.9. The van der Waals surface area contributed by atoms with E-state index in [9.17, 15) is 5.02 Å². The van der Waals surface area contributed by atoms with Crippen molar-refractivity contribution in [1.29, 1.82) is 0 Å². The van der Waals surface area contributed by atoms with Crippen LogP contribution in [0, 0.1) is 83.1 Å². The van der Waals surface area contributed by atoms with Crippen molar-refractivity contribution >= 4 is 199 Å². The molecule has 8 aromatic heterocycles. The summed E-state index contributed by atoms with van der Waals surface area (Å²) in [6, 6.07) is 132. The molecule has 0 amide bonds. The Balaban J connectivity index is 0.000000121. The summed E-state index contributed by atoms with van der Waals surface area (Å²) in [5, 5.41) is 27.8. The Morgan fingerprint density at radius 3 is 0.681 bits per heavy atom. The summed E-state index contributed by atoms with van der Waals surface area (Å²) in [6.45, 7) is 26.4. The highest BCUT2D eigenvalue weighted by Gasteiger charge is 2.26. The van der Waals surface area contributed by atoms with Crippen molar-refractivity contribution in [1.82, 2.24) is 18.3 Å². The number of fused-ring (bicyclic) bond motifs is 24. The average molecular weight is 1930 g/mol. The molecule has 0 aliphatic carbocycles. The first-order chi connectivity index (χ1) is 70.1. The number of benzene rings is 20. The van der Waals surface area contributed by atoms with Gasteiger partial charge in [-0.05, 0) is 389 Å². The first kappa shape index (κ1) is 87.4. The summed E-state index contributed by atoms with van der Waals surface area (Å²) >= 11 is 3.71. The fraction of sp³-hybridized carbons (Fsp3) is 0.0909. The Kier molecular flexibility index (Phi) is 20.6. The molecule has 0 aliphatic rings. The zero-order chi connectivity index (χ0) is 97.6. The van der Waals surface area contributed by atoms with Crippen LogP contribution in [0.3, 0.4) is 0 Å². The molecule has 20 aromatic carbocycles. The van der Waals surface area contributed by atoms with Gasteiger partial charge < -0.3 is 45.6 Å². The molecule has 1 radical (unpaired) electrons. The second-order valence-electron chi connectivity index (χ2n) is 39.5. The van der Waals surface area contributed by atoms with Gasteiger partial charge in [0.2, 0.25) is 0 Å².